The molecule has 3 aromatic rings. The van der Waals surface area contributed by atoms with Crippen molar-refractivity contribution in [1.29, 1.82) is 0 Å². The molecule has 2 aromatic carbocycles. The summed E-state index contributed by atoms with van der Waals surface area (Å²) in [5.74, 6) is -0.186. The van der Waals surface area contributed by atoms with Crippen LogP contribution < -0.4 is 4.74 Å². The number of hydrogen-bond acceptors (Lipinski definition) is 3. The van der Waals surface area contributed by atoms with Gasteiger partial charge in [-0.25, -0.2) is 8.88 Å². The largest absolute Gasteiger partial charge is 0.497 e. The van der Waals surface area contributed by atoms with E-state index in [1.807, 2.05) is 0 Å². The van der Waals surface area contributed by atoms with Crippen molar-refractivity contribution in [1.82, 2.24) is 4.09 Å². The number of halogens is 5. The molecule has 0 spiro atoms. The lowest BCUT2D eigenvalue weighted by atomic mass is 10.1. The SMILES string of the molecule is COc1ccc2c(c1)cc(C(=O)OCc1ccc(Cl)c(C(F)(F)F)c1)n2Cl. The number of benzene rings is 2. The molecule has 142 valence electrons. The Morgan fingerprint density at radius 3 is 2.56 bits per heavy atom. The highest BCUT2D eigenvalue weighted by Crippen LogP contribution is 2.35. The fraction of sp³-hybridized carbons (Fsp3) is 0.167. The number of methoxy groups -OCH3 is 1. The number of hydrogen-bond donors (Lipinski definition) is 0. The molecule has 4 nitrogen and oxygen atoms in total. The summed E-state index contributed by atoms with van der Waals surface area (Å²) in [6.07, 6.45) is -4.60. The Kier molecular flexibility index (Phi) is 5.26. The van der Waals surface area contributed by atoms with E-state index in [-0.39, 0.29) is 17.9 Å². The molecule has 0 bridgehead atoms. The summed E-state index contributed by atoms with van der Waals surface area (Å²) in [5, 5.41) is 0.231. The fourth-order valence-corrected chi connectivity index (χ4v) is 3.03. The van der Waals surface area contributed by atoms with E-state index in [0.29, 0.717) is 16.7 Å². The molecule has 0 atom stereocenters. The molecule has 0 radical (unpaired) electrons. The third-order valence-corrected chi connectivity index (χ3v) is 4.56. The summed E-state index contributed by atoms with van der Waals surface area (Å²) in [4.78, 5) is 12.3. The Morgan fingerprint density at radius 2 is 1.89 bits per heavy atom. The minimum absolute atomic E-state index is 0.0462. The van der Waals surface area contributed by atoms with Crippen LogP contribution in [0.5, 0.6) is 5.75 Å². The Labute approximate surface area is 162 Å². The maximum atomic E-state index is 12.9. The van der Waals surface area contributed by atoms with Crippen LogP contribution in [-0.4, -0.2) is 17.2 Å². The zero-order chi connectivity index (χ0) is 19.8. The van der Waals surface area contributed by atoms with Gasteiger partial charge in [0.2, 0.25) is 0 Å². The van der Waals surface area contributed by atoms with E-state index >= 15 is 0 Å². The predicted octanol–water partition coefficient (Wildman–Crippen LogP) is 5.68. The number of aromatic nitrogens is 1. The molecule has 0 aliphatic carbocycles. The molecular weight excluding hydrogens is 406 g/mol. The molecule has 0 unspecified atom stereocenters. The van der Waals surface area contributed by atoms with Crippen molar-refractivity contribution in [2.24, 2.45) is 0 Å². The van der Waals surface area contributed by atoms with Crippen LogP contribution in [0.2, 0.25) is 5.02 Å². The topological polar surface area (TPSA) is 40.5 Å². The second-order valence-corrected chi connectivity index (χ2v) is 6.37. The van der Waals surface area contributed by atoms with Crippen molar-refractivity contribution in [2.75, 3.05) is 7.11 Å². The first-order valence-electron chi connectivity index (χ1n) is 7.59. The number of alkyl halides is 3. The molecule has 0 saturated carbocycles. The first-order chi connectivity index (χ1) is 12.7. The van der Waals surface area contributed by atoms with Gasteiger partial charge in [0, 0.05) is 17.2 Å². The first-order valence-corrected chi connectivity index (χ1v) is 8.30. The van der Waals surface area contributed by atoms with E-state index in [2.05, 4.69) is 0 Å². The molecule has 0 amide bonds. The zero-order valence-corrected chi connectivity index (χ0v) is 15.3. The van der Waals surface area contributed by atoms with Crippen LogP contribution in [0.25, 0.3) is 10.9 Å². The van der Waals surface area contributed by atoms with E-state index in [1.54, 1.807) is 18.2 Å². The summed E-state index contributed by atoms with van der Waals surface area (Å²) in [6.45, 7) is -0.360. The van der Waals surface area contributed by atoms with Crippen LogP contribution in [0.4, 0.5) is 13.2 Å². The van der Waals surface area contributed by atoms with Gasteiger partial charge in [-0.15, -0.1) is 0 Å². The van der Waals surface area contributed by atoms with E-state index in [0.717, 1.165) is 16.2 Å². The maximum Gasteiger partial charge on any atom is 0.417 e. The van der Waals surface area contributed by atoms with Crippen LogP contribution >= 0.6 is 23.4 Å². The molecular formula is C18H12Cl2F3NO3. The third kappa shape index (κ3) is 3.99. The smallest absolute Gasteiger partial charge is 0.417 e. The van der Waals surface area contributed by atoms with Crippen molar-refractivity contribution in [3.8, 4) is 5.75 Å². The number of fused-ring (bicyclic) bond motifs is 1. The highest BCUT2D eigenvalue weighted by atomic mass is 35.5. The maximum absolute atomic E-state index is 12.9. The molecule has 0 fully saturated rings. The molecule has 27 heavy (non-hydrogen) atoms. The lowest BCUT2D eigenvalue weighted by Crippen LogP contribution is -2.10. The number of rotatable bonds is 4. The lowest BCUT2D eigenvalue weighted by Gasteiger charge is -2.11. The van der Waals surface area contributed by atoms with Crippen molar-refractivity contribution >= 4 is 40.2 Å². The van der Waals surface area contributed by atoms with Gasteiger partial charge in [-0.2, -0.15) is 13.2 Å². The van der Waals surface area contributed by atoms with Crippen molar-refractivity contribution < 1.29 is 27.4 Å². The van der Waals surface area contributed by atoms with Gasteiger partial charge in [0.15, 0.2) is 0 Å². The highest BCUT2D eigenvalue weighted by Gasteiger charge is 2.33. The monoisotopic (exact) mass is 417 g/mol. The number of ether oxygens (including phenoxy) is 2. The Morgan fingerprint density at radius 1 is 1.15 bits per heavy atom. The summed E-state index contributed by atoms with van der Waals surface area (Å²) >= 11 is 11.7. The summed E-state index contributed by atoms with van der Waals surface area (Å²) < 4.78 is 50.0. The predicted molar refractivity (Wildman–Crippen MR) is 95.3 cm³/mol. The van der Waals surface area contributed by atoms with Crippen molar-refractivity contribution in [3.05, 3.63) is 64.3 Å². The van der Waals surface area contributed by atoms with Crippen molar-refractivity contribution in [3.63, 3.8) is 0 Å². The van der Waals surface area contributed by atoms with Gasteiger partial charge in [0.1, 0.15) is 18.1 Å². The summed E-state index contributed by atoms with van der Waals surface area (Å²) in [6, 6.07) is 9.87. The molecule has 9 heteroatoms. The molecule has 1 heterocycles. The Balaban J connectivity index is 1.80. The van der Waals surface area contributed by atoms with Crippen LogP contribution in [0.15, 0.2) is 42.5 Å². The Hall–Kier alpha value is -2.38. The summed E-state index contributed by atoms with van der Waals surface area (Å²) in [5.41, 5.74) is -0.226. The van der Waals surface area contributed by atoms with E-state index in [4.69, 9.17) is 32.9 Å². The third-order valence-electron chi connectivity index (χ3n) is 3.87. The highest BCUT2D eigenvalue weighted by molar-refractivity contribution is 6.31. The van der Waals surface area contributed by atoms with E-state index < -0.39 is 22.7 Å². The minimum Gasteiger partial charge on any atom is -0.497 e. The minimum atomic E-state index is -4.60. The quantitative estimate of drug-likeness (QED) is 0.512. The average Bonchev–Trinajstić information content (AvgIpc) is 2.96. The first kappa shape index (κ1) is 19.4. The standard InChI is InChI=1S/C18H12Cl2F3NO3/c1-26-12-3-5-15-11(7-12)8-16(24(15)20)17(25)27-9-10-2-4-14(19)13(6-10)18(21,22)23/h2-8H,9H2,1H3. The van der Waals surface area contributed by atoms with Crippen molar-refractivity contribution in [2.45, 2.75) is 12.8 Å². The molecule has 0 aliphatic heterocycles. The molecule has 0 saturated heterocycles. The van der Waals surface area contributed by atoms with Gasteiger partial charge in [0.25, 0.3) is 0 Å². The van der Waals surface area contributed by atoms with Gasteiger partial charge in [-0.3, -0.25) is 0 Å². The van der Waals surface area contributed by atoms with Gasteiger partial charge in [-0.05, 0) is 42.0 Å². The van der Waals surface area contributed by atoms with Crippen LogP contribution in [0.1, 0.15) is 21.6 Å². The molecule has 0 aliphatic rings. The normalized spacial score (nSPS) is 11.6. The van der Waals surface area contributed by atoms with E-state index in [9.17, 15) is 18.0 Å². The summed E-state index contributed by atoms with van der Waals surface area (Å²) in [7, 11) is 1.51. The van der Waals surface area contributed by atoms with Crippen LogP contribution in [-0.2, 0) is 17.5 Å². The van der Waals surface area contributed by atoms with Gasteiger partial charge in [-0.1, -0.05) is 17.7 Å². The second kappa shape index (κ2) is 7.32. The number of esters is 1. The zero-order valence-electron chi connectivity index (χ0n) is 13.8. The second-order valence-electron chi connectivity index (χ2n) is 5.62. The Bertz CT molecular complexity index is 1010. The number of carbonyl (C=O) groups excluding carboxylic acids is 1. The fourth-order valence-electron chi connectivity index (χ4n) is 2.53. The molecule has 1 aromatic heterocycles. The number of nitrogens with zero attached hydrogens (tertiary/aromatic N) is 1. The molecule has 3 rings (SSSR count). The van der Waals surface area contributed by atoms with Gasteiger partial charge >= 0.3 is 12.1 Å². The lowest BCUT2D eigenvalue weighted by molar-refractivity contribution is -0.137. The molecule has 0 N–H and O–H groups in total. The van der Waals surface area contributed by atoms with E-state index in [1.165, 1.54) is 19.2 Å². The van der Waals surface area contributed by atoms with Crippen LogP contribution in [0.3, 0.4) is 0 Å². The van der Waals surface area contributed by atoms with Crippen LogP contribution in [0, 0.1) is 0 Å². The number of carbonyl (C=O) groups is 1. The average molecular weight is 418 g/mol. The van der Waals surface area contributed by atoms with Gasteiger partial charge < -0.3 is 9.47 Å². The van der Waals surface area contributed by atoms with Gasteiger partial charge in [0.05, 0.1) is 23.2 Å².